The Balaban J connectivity index is 1.65. The summed E-state index contributed by atoms with van der Waals surface area (Å²) in [5.74, 6) is -0.0938. The minimum absolute atomic E-state index is 0.00341. The van der Waals surface area contributed by atoms with Gasteiger partial charge in [0.05, 0.1) is 4.90 Å². The molecule has 7 nitrogen and oxygen atoms in total. The van der Waals surface area contributed by atoms with Crippen molar-refractivity contribution >= 4 is 38.7 Å². The molecule has 0 spiro atoms. The second-order valence-electron chi connectivity index (χ2n) is 4.68. The lowest BCUT2D eigenvalue weighted by Gasteiger charge is -2.07. The van der Waals surface area contributed by atoms with Gasteiger partial charge in [0.25, 0.3) is 16.0 Å². The number of hydrogen-bond acceptors (Lipinski definition) is 5. The summed E-state index contributed by atoms with van der Waals surface area (Å²) in [6, 6.07) is 13.9. The Morgan fingerprint density at radius 1 is 1.08 bits per heavy atom. The predicted molar refractivity (Wildman–Crippen MR) is 87.1 cm³/mol. The van der Waals surface area contributed by atoms with Gasteiger partial charge in [-0.05, 0) is 30.3 Å². The monoisotopic (exact) mass is 366 g/mol. The average Bonchev–Trinajstić information content (AvgIpc) is 2.95. The van der Waals surface area contributed by atoms with Gasteiger partial charge in [-0.2, -0.15) is 0 Å². The number of fused-ring (bicyclic) bond motifs is 1. The van der Waals surface area contributed by atoms with Crippen molar-refractivity contribution in [1.29, 1.82) is 0 Å². The summed E-state index contributed by atoms with van der Waals surface area (Å²) < 4.78 is 34.1. The van der Waals surface area contributed by atoms with Gasteiger partial charge in [0.1, 0.15) is 5.58 Å². The Hall–Kier alpha value is -2.55. The maximum absolute atomic E-state index is 11.9. The van der Waals surface area contributed by atoms with Crippen LogP contribution in [0.2, 0.25) is 5.02 Å². The molecule has 0 aliphatic carbocycles. The molecule has 0 atom stereocenters. The molecule has 1 amide bonds. The van der Waals surface area contributed by atoms with E-state index in [-0.39, 0.29) is 10.8 Å². The fraction of sp³-hybridized carbons (Fsp3) is 0. The van der Waals surface area contributed by atoms with E-state index in [1.165, 1.54) is 18.2 Å². The molecule has 0 saturated heterocycles. The lowest BCUT2D eigenvalue weighted by atomic mass is 10.3. The maximum Gasteiger partial charge on any atom is 0.430 e. The Bertz CT molecular complexity index is 986. The summed E-state index contributed by atoms with van der Waals surface area (Å²) in [6.07, 6.45) is -1.04. The Morgan fingerprint density at radius 3 is 2.58 bits per heavy atom. The number of ether oxygens (including phenoxy) is 1. The smallest absolute Gasteiger partial charge is 0.425 e. The molecule has 24 heavy (non-hydrogen) atoms. The molecule has 1 aromatic heterocycles. The molecule has 0 fully saturated rings. The van der Waals surface area contributed by atoms with Gasteiger partial charge in [0.2, 0.25) is 0 Å². The van der Waals surface area contributed by atoms with Crippen molar-refractivity contribution in [3.8, 4) is 5.95 Å². The summed E-state index contributed by atoms with van der Waals surface area (Å²) in [5, 5.41) is 1.16. The first-order valence-electron chi connectivity index (χ1n) is 6.68. The van der Waals surface area contributed by atoms with Crippen LogP contribution in [0.5, 0.6) is 5.95 Å². The van der Waals surface area contributed by atoms with Gasteiger partial charge in [-0.15, -0.1) is 4.83 Å². The summed E-state index contributed by atoms with van der Waals surface area (Å²) >= 11 is 5.85. The SMILES string of the molecule is O=C(NNS(=O)(=O)c1ccccc1)Oc1cc2cc(Cl)ccc2o1. The number of hydrogen-bond donors (Lipinski definition) is 2. The third-order valence-corrected chi connectivity index (χ3v) is 4.49. The molecular formula is C15H11ClN2O5S. The topological polar surface area (TPSA) is 97.6 Å². The summed E-state index contributed by atoms with van der Waals surface area (Å²) in [4.78, 5) is 13.6. The van der Waals surface area contributed by atoms with Gasteiger partial charge < -0.3 is 9.15 Å². The van der Waals surface area contributed by atoms with E-state index in [4.69, 9.17) is 20.8 Å². The van der Waals surface area contributed by atoms with Crippen LogP contribution in [0.3, 0.4) is 0 Å². The lowest BCUT2D eigenvalue weighted by Crippen LogP contribution is -2.42. The zero-order chi connectivity index (χ0) is 17.2. The highest BCUT2D eigenvalue weighted by Gasteiger charge is 2.16. The molecule has 124 valence electrons. The van der Waals surface area contributed by atoms with Crippen molar-refractivity contribution in [1.82, 2.24) is 10.3 Å². The second kappa shape index (κ2) is 6.52. The van der Waals surface area contributed by atoms with Gasteiger partial charge in [0.15, 0.2) is 0 Å². The molecule has 0 radical (unpaired) electrons. The van der Waals surface area contributed by atoms with E-state index in [9.17, 15) is 13.2 Å². The zero-order valence-corrected chi connectivity index (χ0v) is 13.6. The van der Waals surface area contributed by atoms with Crippen LogP contribution < -0.4 is 15.0 Å². The van der Waals surface area contributed by atoms with Crippen LogP contribution in [0.1, 0.15) is 0 Å². The first-order chi connectivity index (χ1) is 11.4. The quantitative estimate of drug-likeness (QED) is 0.691. The number of carbonyl (C=O) groups excluding carboxylic acids is 1. The zero-order valence-electron chi connectivity index (χ0n) is 12.0. The average molecular weight is 367 g/mol. The molecule has 0 aliphatic heterocycles. The van der Waals surface area contributed by atoms with Gasteiger partial charge in [-0.3, -0.25) is 0 Å². The first-order valence-corrected chi connectivity index (χ1v) is 8.54. The highest BCUT2D eigenvalue weighted by atomic mass is 35.5. The predicted octanol–water partition coefficient (Wildman–Crippen LogP) is 3.07. The highest BCUT2D eigenvalue weighted by Crippen LogP contribution is 2.27. The van der Waals surface area contributed by atoms with Crippen LogP contribution in [0, 0.1) is 0 Å². The molecule has 0 unspecified atom stereocenters. The highest BCUT2D eigenvalue weighted by molar-refractivity contribution is 7.89. The van der Waals surface area contributed by atoms with Crippen molar-refractivity contribution in [3.05, 3.63) is 59.6 Å². The molecular weight excluding hydrogens is 356 g/mol. The largest absolute Gasteiger partial charge is 0.430 e. The first kappa shape index (κ1) is 16.3. The normalized spacial score (nSPS) is 11.4. The van der Waals surface area contributed by atoms with E-state index in [1.54, 1.807) is 36.4 Å². The third-order valence-electron chi connectivity index (χ3n) is 2.99. The number of halogens is 1. The Labute approximate surface area is 142 Å². The number of hydrazine groups is 1. The number of amides is 1. The maximum atomic E-state index is 11.9. The molecule has 3 rings (SSSR count). The van der Waals surface area contributed by atoms with Crippen LogP contribution in [0.4, 0.5) is 4.79 Å². The molecule has 2 aromatic carbocycles. The molecule has 0 aliphatic rings. The molecule has 0 bridgehead atoms. The Kier molecular flexibility index (Phi) is 4.43. The van der Waals surface area contributed by atoms with Gasteiger partial charge in [-0.25, -0.2) is 18.6 Å². The van der Waals surface area contributed by atoms with Crippen molar-refractivity contribution in [2.75, 3.05) is 0 Å². The number of carbonyl (C=O) groups is 1. The third kappa shape index (κ3) is 3.67. The molecule has 9 heteroatoms. The molecule has 0 saturated carbocycles. The van der Waals surface area contributed by atoms with Crippen molar-refractivity contribution in [3.63, 3.8) is 0 Å². The number of benzene rings is 2. The molecule has 1 heterocycles. The van der Waals surface area contributed by atoms with Crippen molar-refractivity contribution < 1.29 is 22.4 Å². The van der Waals surface area contributed by atoms with E-state index in [0.29, 0.717) is 16.0 Å². The molecule has 3 aromatic rings. The minimum Gasteiger partial charge on any atom is -0.425 e. The van der Waals surface area contributed by atoms with Gasteiger partial charge >= 0.3 is 6.09 Å². The van der Waals surface area contributed by atoms with Gasteiger partial charge in [-0.1, -0.05) is 29.8 Å². The van der Waals surface area contributed by atoms with E-state index >= 15 is 0 Å². The number of rotatable bonds is 4. The second-order valence-corrected chi connectivity index (χ2v) is 6.80. The molecule has 2 N–H and O–H groups in total. The number of furan rings is 1. The fourth-order valence-corrected chi connectivity index (χ4v) is 2.96. The van der Waals surface area contributed by atoms with Crippen LogP contribution in [0.25, 0.3) is 11.0 Å². The Morgan fingerprint density at radius 2 is 1.83 bits per heavy atom. The van der Waals surface area contributed by atoms with E-state index in [1.807, 2.05) is 10.3 Å². The van der Waals surface area contributed by atoms with Gasteiger partial charge in [0, 0.05) is 16.5 Å². The van der Waals surface area contributed by atoms with Crippen LogP contribution >= 0.6 is 11.6 Å². The summed E-state index contributed by atoms with van der Waals surface area (Å²) in [7, 11) is -3.89. The number of sulfonamides is 1. The van der Waals surface area contributed by atoms with Crippen molar-refractivity contribution in [2.24, 2.45) is 0 Å². The van der Waals surface area contributed by atoms with Crippen LogP contribution in [-0.2, 0) is 10.0 Å². The van der Waals surface area contributed by atoms with E-state index in [2.05, 4.69) is 0 Å². The van der Waals surface area contributed by atoms with E-state index < -0.39 is 16.1 Å². The van der Waals surface area contributed by atoms with Crippen LogP contribution in [-0.4, -0.2) is 14.5 Å². The van der Waals surface area contributed by atoms with Crippen LogP contribution in [0.15, 0.2) is 63.9 Å². The minimum atomic E-state index is -3.89. The van der Waals surface area contributed by atoms with Crippen molar-refractivity contribution in [2.45, 2.75) is 4.90 Å². The van der Waals surface area contributed by atoms with E-state index in [0.717, 1.165) is 0 Å². The summed E-state index contributed by atoms with van der Waals surface area (Å²) in [6.45, 7) is 0. The number of nitrogens with one attached hydrogen (secondary N) is 2. The lowest BCUT2D eigenvalue weighted by molar-refractivity contribution is 0.187. The summed E-state index contributed by atoms with van der Waals surface area (Å²) in [5.41, 5.74) is 2.42. The fourth-order valence-electron chi connectivity index (χ4n) is 1.92. The standard InChI is InChI=1S/C15H11ClN2O5S/c16-11-6-7-13-10(8-11)9-14(22-13)23-15(19)17-18-24(20,21)12-4-2-1-3-5-12/h1-9,18H,(H,17,19).